The SMILES string of the molecule is O=C(Nc1nnc(SCc2ccc(Br)cc2)s1)c1cccc(F)c1. The Morgan fingerprint density at radius 1 is 1.21 bits per heavy atom. The maximum absolute atomic E-state index is 13.1. The van der Waals surface area contributed by atoms with Gasteiger partial charge in [-0.15, -0.1) is 10.2 Å². The van der Waals surface area contributed by atoms with Gasteiger partial charge in [0, 0.05) is 15.8 Å². The van der Waals surface area contributed by atoms with Crippen molar-refractivity contribution in [2.75, 3.05) is 5.32 Å². The molecule has 1 N–H and O–H groups in total. The molecule has 1 heterocycles. The summed E-state index contributed by atoms with van der Waals surface area (Å²) in [5, 5.41) is 11.0. The number of anilines is 1. The first-order valence-corrected chi connectivity index (χ1v) is 9.47. The number of thioether (sulfide) groups is 1. The minimum Gasteiger partial charge on any atom is -0.296 e. The fourth-order valence-corrected chi connectivity index (χ4v) is 3.81. The molecule has 0 saturated carbocycles. The highest BCUT2D eigenvalue weighted by atomic mass is 79.9. The van der Waals surface area contributed by atoms with E-state index < -0.39 is 11.7 Å². The molecule has 3 aromatic rings. The normalized spacial score (nSPS) is 10.6. The Morgan fingerprint density at radius 2 is 2.00 bits per heavy atom. The van der Waals surface area contributed by atoms with Gasteiger partial charge in [-0.05, 0) is 35.9 Å². The van der Waals surface area contributed by atoms with Gasteiger partial charge in [0.25, 0.3) is 5.91 Å². The second-order valence-electron chi connectivity index (χ2n) is 4.75. The van der Waals surface area contributed by atoms with Crippen LogP contribution in [0.5, 0.6) is 0 Å². The van der Waals surface area contributed by atoms with Crippen LogP contribution in [-0.4, -0.2) is 16.1 Å². The molecule has 2 aromatic carbocycles. The number of benzene rings is 2. The van der Waals surface area contributed by atoms with E-state index in [9.17, 15) is 9.18 Å². The number of carbonyl (C=O) groups is 1. The lowest BCUT2D eigenvalue weighted by molar-refractivity contribution is 0.102. The zero-order valence-corrected chi connectivity index (χ0v) is 15.4. The van der Waals surface area contributed by atoms with Crippen LogP contribution < -0.4 is 5.32 Å². The summed E-state index contributed by atoms with van der Waals surface area (Å²) < 4.78 is 14.9. The van der Waals surface area contributed by atoms with Crippen molar-refractivity contribution in [2.24, 2.45) is 0 Å². The molecule has 24 heavy (non-hydrogen) atoms. The Kier molecular flexibility index (Phi) is 5.60. The molecule has 0 aliphatic rings. The number of carbonyl (C=O) groups excluding carboxylic acids is 1. The van der Waals surface area contributed by atoms with Gasteiger partial charge < -0.3 is 0 Å². The van der Waals surface area contributed by atoms with E-state index in [4.69, 9.17) is 0 Å². The smallest absolute Gasteiger partial charge is 0.257 e. The molecular weight excluding hydrogens is 413 g/mol. The summed E-state index contributed by atoms with van der Waals surface area (Å²) in [5.74, 6) is -0.0968. The van der Waals surface area contributed by atoms with Crippen LogP contribution in [0.2, 0.25) is 0 Å². The highest BCUT2D eigenvalue weighted by molar-refractivity contribution is 9.10. The standard InChI is InChI=1S/C16H11BrFN3OS2/c17-12-6-4-10(5-7-12)9-23-16-21-20-15(24-16)19-14(22)11-2-1-3-13(18)8-11/h1-8H,9H2,(H,19,20,22). The van der Waals surface area contributed by atoms with E-state index in [0.29, 0.717) is 5.13 Å². The third kappa shape index (κ3) is 4.62. The summed E-state index contributed by atoms with van der Waals surface area (Å²) in [6.45, 7) is 0. The summed E-state index contributed by atoms with van der Waals surface area (Å²) in [5.41, 5.74) is 1.41. The van der Waals surface area contributed by atoms with Crippen LogP contribution in [0.1, 0.15) is 15.9 Å². The van der Waals surface area contributed by atoms with Crippen LogP contribution in [0, 0.1) is 5.82 Å². The predicted octanol–water partition coefficient (Wildman–Crippen LogP) is 4.98. The van der Waals surface area contributed by atoms with Gasteiger partial charge in [-0.25, -0.2) is 4.39 Å². The van der Waals surface area contributed by atoms with Crippen molar-refractivity contribution in [1.29, 1.82) is 0 Å². The van der Waals surface area contributed by atoms with Gasteiger partial charge in [0.15, 0.2) is 4.34 Å². The zero-order chi connectivity index (χ0) is 16.9. The van der Waals surface area contributed by atoms with Crippen LogP contribution in [0.25, 0.3) is 0 Å². The van der Waals surface area contributed by atoms with Gasteiger partial charge in [0.1, 0.15) is 5.82 Å². The molecule has 0 saturated heterocycles. The lowest BCUT2D eigenvalue weighted by Gasteiger charge is -2.00. The number of halogens is 2. The lowest BCUT2D eigenvalue weighted by Crippen LogP contribution is -2.11. The van der Waals surface area contributed by atoms with E-state index >= 15 is 0 Å². The molecule has 8 heteroatoms. The molecule has 0 unspecified atom stereocenters. The first-order chi connectivity index (χ1) is 11.6. The molecule has 0 aliphatic carbocycles. The topological polar surface area (TPSA) is 54.9 Å². The summed E-state index contributed by atoms with van der Waals surface area (Å²) in [6, 6.07) is 13.5. The van der Waals surface area contributed by atoms with Crippen molar-refractivity contribution in [3.8, 4) is 0 Å². The molecular formula is C16H11BrFN3OS2. The fraction of sp³-hybridized carbons (Fsp3) is 0.0625. The number of hydrogen-bond acceptors (Lipinski definition) is 5. The third-order valence-corrected chi connectivity index (χ3v) is 5.56. The number of rotatable bonds is 5. The number of nitrogens with zero attached hydrogens (tertiary/aromatic N) is 2. The van der Waals surface area contributed by atoms with E-state index in [-0.39, 0.29) is 5.56 Å². The quantitative estimate of drug-likeness (QED) is 0.464. The fourth-order valence-electron chi connectivity index (χ4n) is 1.84. The average molecular weight is 424 g/mol. The van der Waals surface area contributed by atoms with E-state index in [0.717, 1.165) is 14.6 Å². The van der Waals surface area contributed by atoms with Gasteiger partial charge in [-0.1, -0.05) is 57.2 Å². The second kappa shape index (κ2) is 7.87. The maximum Gasteiger partial charge on any atom is 0.257 e. The molecule has 0 spiro atoms. The Morgan fingerprint density at radius 3 is 2.75 bits per heavy atom. The van der Waals surface area contributed by atoms with Crippen molar-refractivity contribution >= 4 is 50.1 Å². The summed E-state index contributed by atoms with van der Waals surface area (Å²) in [7, 11) is 0. The number of nitrogens with one attached hydrogen (secondary N) is 1. The molecule has 0 radical (unpaired) electrons. The van der Waals surface area contributed by atoms with Gasteiger partial charge in [-0.3, -0.25) is 10.1 Å². The van der Waals surface area contributed by atoms with Crippen LogP contribution in [0.4, 0.5) is 9.52 Å². The zero-order valence-electron chi connectivity index (χ0n) is 12.2. The minimum absolute atomic E-state index is 0.245. The largest absolute Gasteiger partial charge is 0.296 e. The Hall–Kier alpha value is -1.77. The van der Waals surface area contributed by atoms with E-state index in [1.807, 2.05) is 24.3 Å². The van der Waals surface area contributed by atoms with Gasteiger partial charge in [0.05, 0.1) is 0 Å². The lowest BCUT2D eigenvalue weighted by atomic mass is 10.2. The second-order valence-corrected chi connectivity index (χ2v) is 7.87. The molecule has 0 aliphatic heterocycles. The Bertz CT molecular complexity index is 855. The van der Waals surface area contributed by atoms with Crippen LogP contribution >= 0.6 is 39.0 Å². The van der Waals surface area contributed by atoms with Crippen molar-refractivity contribution < 1.29 is 9.18 Å². The van der Waals surface area contributed by atoms with E-state index in [1.54, 1.807) is 17.8 Å². The first kappa shape index (κ1) is 17.1. The highest BCUT2D eigenvalue weighted by Gasteiger charge is 2.11. The Balaban J connectivity index is 1.59. The molecule has 4 nitrogen and oxygen atoms in total. The minimum atomic E-state index is -0.453. The van der Waals surface area contributed by atoms with E-state index in [2.05, 4.69) is 31.4 Å². The third-order valence-electron chi connectivity index (χ3n) is 2.99. The molecule has 0 fully saturated rings. The summed E-state index contributed by atoms with van der Waals surface area (Å²) >= 11 is 6.23. The molecule has 0 atom stereocenters. The molecule has 1 amide bonds. The number of aromatic nitrogens is 2. The maximum atomic E-state index is 13.1. The molecule has 1 aromatic heterocycles. The van der Waals surface area contributed by atoms with Crippen LogP contribution in [0.15, 0.2) is 57.3 Å². The average Bonchev–Trinajstić information content (AvgIpc) is 3.02. The highest BCUT2D eigenvalue weighted by Crippen LogP contribution is 2.28. The van der Waals surface area contributed by atoms with Crippen molar-refractivity contribution in [2.45, 2.75) is 10.1 Å². The van der Waals surface area contributed by atoms with Crippen LogP contribution in [-0.2, 0) is 5.75 Å². The summed E-state index contributed by atoms with van der Waals surface area (Å²) in [6.07, 6.45) is 0. The Labute approximate surface area is 154 Å². The molecule has 3 rings (SSSR count). The van der Waals surface area contributed by atoms with Gasteiger partial charge >= 0.3 is 0 Å². The number of hydrogen-bond donors (Lipinski definition) is 1. The van der Waals surface area contributed by atoms with Gasteiger partial charge in [-0.2, -0.15) is 0 Å². The predicted molar refractivity (Wildman–Crippen MR) is 98.0 cm³/mol. The van der Waals surface area contributed by atoms with E-state index in [1.165, 1.54) is 35.1 Å². The molecule has 122 valence electrons. The monoisotopic (exact) mass is 423 g/mol. The van der Waals surface area contributed by atoms with Gasteiger partial charge in [0.2, 0.25) is 5.13 Å². The van der Waals surface area contributed by atoms with Crippen molar-refractivity contribution in [3.05, 3.63) is 69.9 Å². The summed E-state index contributed by atoms with van der Waals surface area (Å²) in [4.78, 5) is 12.0. The van der Waals surface area contributed by atoms with Crippen molar-refractivity contribution in [3.63, 3.8) is 0 Å². The van der Waals surface area contributed by atoms with Crippen molar-refractivity contribution in [1.82, 2.24) is 10.2 Å². The number of amides is 1. The van der Waals surface area contributed by atoms with Crippen LogP contribution in [0.3, 0.4) is 0 Å². The first-order valence-electron chi connectivity index (χ1n) is 6.88. The molecule has 0 bridgehead atoms.